The van der Waals surface area contributed by atoms with Crippen LogP contribution in [-0.2, 0) is 4.79 Å². The minimum atomic E-state index is -0.464. The molecule has 0 heterocycles. The van der Waals surface area contributed by atoms with Gasteiger partial charge in [0.25, 0.3) is 0 Å². The average molecular weight is 372 g/mol. The van der Waals surface area contributed by atoms with Gasteiger partial charge in [-0.15, -0.1) is 0 Å². The van der Waals surface area contributed by atoms with Crippen LogP contribution < -0.4 is 10.6 Å². The van der Waals surface area contributed by atoms with Gasteiger partial charge in [-0.3, -0.25) is 4.79 Å². The van der Waals surface area contributed by atoms with Crippen LogP contribution in [0.25, 0.3) is 0 Å². The Morgan fingerprint density at radius 2 is 2.00 bits per heavy atom. The van der Waals surface area contributed by atoms with Gasteiger partial charge >= 0.3 is 0 Å². The van der Waals surface area contributed by atoms with E-state index in [2.05, 4.69) is 26.6 Å². The lowest BCUT2D eigenvalue weighted by Gasteiger charge is -2.09. The third-order valence-electron chi connectivity index (χ3n) is 2.75. The molecule has 6 heteroatoms. The molecule has 0 fully saturated rings. The first kappa shape index (κ1) is 15.8. The standard InChI is InChI=1S/C15H13BrClFN2O/c16-11-3-1-2-4-14(11)20-15(21)7-8-19-10-5-6-13(18)12(17)9-10/h1-6,9,19H,7-8H2,(H,20,21). The summed E-state index contributed by atoms with van der Waals surface area (Å²) in [6, 6.07) is 11.7. The quantitative estimate of drug-likeness (QED) is 0.801. The van der Waals surface area contributed by atoms with Gasteiger partial charge in [0.2, 0.25) is 5.91 Å². The molecule has 0 aromatic heterocycles. The summed E-state index contributed by atoms with van der Waals surface area (Å²) in [6.45, 7) is 0.429. The molecule has 0 unspecified atom stereocenters. The van der Waals surface area contributed by atoms with Crippen molar-refractivity contribution in [2.24, 2.45) is 0 Å². The van der Waals surface area contributed by atoms with Crippen molar-refractivity contribution in [1.29, 1.82) is 0 Å². The molecule has 110 valence electrons. The normalized spacial score (nSPS) is 10.2. The number of nitrogens with one attached hydrogen (secondary N) is 2. The summed E-state index contributed by atoms with van der Waals surface area (Å²) >= 11 is 9.04. The van der Waals surface area contributed by atoms with Gasteiger partial charge < -0.3 is 10.6 Å². The van der Waals surface area contributed by atoms with Crippen molar-refractivity contribution in [3.8, 4) is 0 Å². The summed E-state index contributed by atoms with van der Waals surface area (Å²) in [5.41, 5.74) is 1.41. The molecule has 0 bridgehead atoms. The van der Waals surface area contributed by atoms with E-state index in [0.717, 1.165) is 10.2 Å². The van der Waals surface area contributed by atoms with E-state index < -0.39 is 5.82 Å². The molecule has 0 saturated carbocycles. The Morgan fingerprint density at radius 3 is 2.71 bits per heavy atom. The first-order valence-electron chi connectivity index (χ1n) is 6.29. The monoisotopic (exact) mass is 370 g/mol. The van der Waals surface area contributed by atoms with Crippen molar-refractivity contribution < 1.29 is 9.18 Å². The van der Waals surface area contributed by atoms with Gasteiger partial charge in [-0.05, 0) is 46.3 Å². The van der Waals surface area contributed by atoms with Crippen LogP contribution in [0.3, 0.4) is 0 Å². The average Bonchev–Trinajstić information content (AvgIpc) is 2.45. The van der Waals surface area contributed by atoms with E-state index in [-0.39, 0.29) is 17.4 Å². The van der Waals surface area contributed by atoms with Crippen molar-refractivity contribution in [3.63, 3.8) is 0 Å². The Morgan fingerprint density at radius 1 is 1.24 bits per heavy atom. The Balaban J connectivity index is 1.82. The highest BCUT2D eigenvalue weighted by Gasteiger charge is 2.05. The third-order valence-corrected chi connectivity index (χ3v) is 3.73. The summed E-state index contributed by atoms with van der Waals surface area (Å²) in [6.07, 6.45) is 0.288. The molecule has 0 aliphatic carbocycles. The fourth-order valence-corrected chi connectivity index (χ4v) is 2.27. The number of anilines is 2. The second-order valence-corrected chi connectivity index (χ2v) is 5.60. The number of para-hydroxylation sites is 1. The molecule has 2 rings (SSSR count). The smallest absolute Gasteiger partial charge is 0.226 e. The third kappa shape index (κ3) is 4.72. The Kier molecular flexibility index (Phi) is 5.59. The number of amides is 1. The lowest BCUT2D eigenvalue weighted by atomic mass is 10.3. The molecule has 3 nitrogen and oxygen atoms in total. The van der Waals surface area contributed by atoms with Crippen molar-refractivity contribution in [3.05, 3.63) is 57.8 Å². The zero-order chi connectivity index (χ0) is 15.2. The number of halogens is 3. The summed E-state index contributed by atoms with van der Waals surface area (Å²) < 4.78 is 13.8. The van der Waals surface area contributed by atoms with Crippen molar-refractivity contribution in [2.45, 2.75) is 6.42 Å². The largest absolute Gasteiger partial charge is 0.384 e. The molecule has 0 radical (unpaired) electrons. The molecule has 2 aromatic carbocycles. The van der Waals surface area contributed by atoms with Gasteiger partial charge in [-0.2, -0.15) is 0 Å². The van der Waals surface area contributed by atoms with Crippen LogP contribution in [0.5, 0.6) is 0 Å². The lowest BCUT2D eigenvalue weighted by molar-refractivity contribution is -0.115. The minimum Gasteiger partial charge on any atom is -0.384 e. The minimum absolute atomic E-state index is 0.0534. The van der Waals surface area contributed by atoms with E-state index in [1.807, 2.05) is 24.3 Å². The first-order valence-corrected chi connectivity index (χ1v) is 7.46. The second kappa shape index (κ2) is 7.43. The first-order chi connectivity index (χ1) is 10.1. The zero-order valence-electron chi connectivity index (χ0n) is 11.0. The number of carbonyl (C=O) groups excluding carboxylic acids is 1. The number of rotatable bonds is 5. The summed E-state index contributed by atoms with van der Waals surface area (Å²) in [4.78, 5) is 11.8. The SMILES string of the molecule is O=C(CCNc1ccc(F)c(Cl)c1)Nc1ccccc1Br. The molecule has 0 atom stereocenters. The second-order valence-electron chi connectivity index (χ2n) is 4.33. The van der Waals surface area contributed by atoms with Crippen LogP contribution in [0, 0.1) is 5.82 Å². The zero-order valence-corrected chi connectivity index (χ0v) is 13.3. The molecule has 2 N–H and O–H groups in total. The maximum atomic E-state index is 13.0. The predicted molar refractivity (Wildman–Crippen MR) is 87.3 cm³/mol. The van der Waals surface area contributed by atoms with Gasteiger partial charge in [0, 0.05) is 23.1 Å². The molecular weight excluding hydrogens is 359 g/mol. The van der Waals surface area contributed by atoms with E-state index in [0.29, 0.717) is 12.2 Å². The molecule has 1 amide bonds. The predicted octanol–water partition coefficient (Wildman–Crippen LogP) is 4.68. The molecule has 21 heavy (non-hydrogen) atoms. The Bertz CT molecular complexity index is 651. The van der Waals surface area contributed by atoms with Crippen LogP contribution in [0.1, 0.15) is 6.42 Å². The van der Waals surface area contributed by atoms with Crippen LogP contribution >= 0.6 is 27.5 Å². The molecule has 0 saturated heterocycles. The fraction of sp³-hybridized carbons (Fsp3) is 0.133. The van der Waals surface area contributed by atoms with Gasteiger partial charge in [0.1, 0.15) is 5.82 Å². The summed E-state index contributed by atoms with van der Waals surface area (Å²) in [7, 11) is 0. The summed E-state index contributed by atoms with van der Waals surface area (Å²) in [5.74, 6) is -0.573. The van der Waals surface area contributed by atoms with Crippen molar-refractivity contribution in [2.75, 3.05) is 17.2 Å². The van der Waals surface area contributed by atoms with Crippen LogP contribution in [0.15, 0.2) is 46.9 Å². The van der Waals surface area contributed by atoms with Gasteiger partial charge in [0.05, 0.1) is 10.7 Å². The highest BCUT2D eigenvalue weighted by atomic mass is 79.9. The van der Waals surface area contributed by atoms with Gasteiger partial charge in [-0.1, -0.05) is 23.7 Å². The van der Waals surface area contributed by atoms with Gasteiger partial charge in [-0.25, -0.2) is 4.39 Å². The molecule has 2 aromatic rings. The van der Waals surface area contributed by atoms with E-state index in [1.54, 1.807) is 6.07 Å². The van der Waals surface area contributed by atoms with Crippen LogP contribution in [0.4, 0.5) is 15.8 Å². The lowest BCUT2D eigenvalue weighted by Crippen LogP contribution is -2.16. The molecular formula is C15H13BrClFN2O. The number of carbonyl (C=O) groups is 1. The molecule has 0 aliphatic rings. The van der Waals surface area contributed by atoms with E-state index in [9.17, 15) is 9.18 Å². The maximum Gasteiger partial charge on any atom is 0.226 e. The van der Waals surface area contributed by atoms with Crippen LogP contribution in [-0.4, -0.2) is 12.5 Å². The van der Waals surface area contributed by atoms with Gasteiger partial charge in [0.15, 0.2) is 0 Å². The molecule has 0 aliphatic heterocycles. The Labute approximate surface area is 135 Å². The Hall–Kier alpha value is -1.59. The molecule has 0 spiro atoms. The van der Waals surface area contributed by atoms with Crippen molar-refractivity contribution in [1.82, 2.24) is 0 Å². The van der Waals surface area contributed by atoms with E-state index >= 15 is 0 Å². The number of benzene rings is 2. The number of hydrogen-bond acceptors (Lipinski definition) is 2. The van der Waals surface area contributed by atoms with E-state index in [4.69, 9.17) is 11.6 Å². The highest BCUT2D eigenvalue weighted by Crippen LogP contribution is 2.21. The fourth-order valence-electron chi connectivity index (χ4n) is 1.70. The topological polar surface area (TPSA) is 41.1 Å². The van der Waals surface area contributed by atoms with Crippen molar-refractivity contribution >= 4 is 44.8 Å². The van der Waals surface area contributed by atoms with Crippen LogP contribution in [0.2, 0.25) is 5.02 Å². The summed E-state index contributed by atoms with van der Waals surface area (Å²) in [5, 5.41) is 5.88. The number of hydrogen-bond donors (Lipinski definition) is 2. The maximum absolute atomic E-state index is 13.0. The van der Waals surface area contributed by atoms with E-state index in [1.165, 1.54) is 12.1 Å². The highest BCUT2D eigenvalue weighted by molar-refractivity contribution is 9.10.